The Bertz CT molecular complexity index is 525. The van der Waals surface area contributed by atoms with E-state index in [1.807, 2.05) is 51.1 Å². The summed E-state index contributed by atoms with van der Waals surface area (Å²) in [4.78, 5) is 17.8. The summed E-state index contributed by atoms with van der Waals surface area (Å²) in [6.07, 6.45) is 0.440. The van der Waals surface area contributed by atoms with Gasteiger partial charge in [-0.2, -0.15) is 0 Å². The van der Waals surface area contributed by atoms with Crippen LogP contribution in [0.15, 0.2) is 30.3 Å². The minimum atomic E-state index is -0.0595. The number of aromatic nitrogens is 1. The molecule has 1 unspecified atom stereocenters. The van der Waals surface area contributed by atoms with E-state index < -0.39 is 0 Å². The van der Waals surface area contributed by atoms with Crippen molar-refractivity contribution in [2.45, 2.75) is 33.1 Å². The molecule has 18 heavy (non-hydrogen) atoms. The first-order valence-electron chi connectivity index (χ1n) is 6.08. The Morgan fingerprint density at radius 3 is 2.50 bits per heavy atom. The number of Topliss-reactive ketones (excluding diaryl/α,β-unsaturated/α-hetero) is 1. The summed E-state index contributed by atoms with van der Waals surface area (Å²) in [5.74, 6) is 0.172. The minimum absolute atomic E-state index is 0.0595. The zero-order chi connectivity index (χ0) is 13.1. The molecular formula is C15H17NOS. The van der Waals surface area contributed by atoms with Gasteiger partial charge < -0.3 is 0 Å². The van der Waals surface area contributed by atoms with E-state index >= 15 is 0 Å². The molecule has 0 saturated heterocycles. The fourth-order valence-corrected chi connectivity index (χ4v) is 2.79. The number of carbonyl (C=O) groups is 1. The van der Waals surface area contributed by atoms with Gasteiger partial charge in [0.05, 0.1) is 12.1 Å². The van der Waals surface area contributed by atoms with Crippen LogP contribution in [0.5, 0.6) is 0 Å². The number of rotatable bonds is 4. The number of nitrogens with zero attached hydrogens (tertiary/aromatic N) is 1. The van der Waals surface area contributed by atoms with E-state index in [9.17, 15) is 4.79 Å². The molecule has 2 aromatic rings. The van der Waals surface area contributed by atoms with Crippen molar-refractivity contribution < 1.29 is 4.79 Å². The van der Waals surface area contributed by atoms with Gasteiger partial charge >= 0.3 is 0 Å². The molecular weight excluding hydrogens is 242 g/mol. The first-order chi connectivity index (χ1) is 8.58. The fraction of sp³-hybridized carbons (Fsp3) is 0.333. The number of ketones is 1. The first-order valence-corrected chi connectivity index (χ1v) is 6.90. The lowest BCUT2D eigenvalue weighted by Gasteiger charge is -2.09. The molecule has 94 valence electrons. The van der Waals surface area contributed by atoms with Crippen LogP contribution in [0.1, 0.15) is 34.0 Å². The van der Waals surface area contributed by atoms with Gasteiger partial charge in [0.25, 0.3) is 0 Å². The molecule has 0 aliphatic carbocycles. The minimum Gasteiger partial charge on any atom is -0.299 e. The van der Waals surface area contributed by atoms with Crippen LogP contribution in [-0.4, -0.2) is 10.8 Å². The zero-order valence-corrected chi connectivity index (χ0v) is 11.8. The van der Waals surface area contributed by atoms with Crippen LogP contribution in [0, 0.1) is 13.8 Å². The number of benzene rings is 1. The highest BCUT2D eigenvalue weighted by atomic mass is 32.1. The molecule has 1 aromatic carbocycles. The summed E-state index contributed by atoms with van der Waals surface area (Å²) < 4.78 is 0. The van der Waals surface area contributed by atoms with E-state index in [0.717, 1.165) is 16.3 Å². The predicted molar refractivity (Wildman–Crippen MR) is 75.2 cm³/mol. The van der Waals surface area contributed by atoms with Gasteiger partial charge in [0.2, 0.25) is 0 Å². The molecule has 0 amide bonds. The van der Waals surface area contributed by atoms with Crippen LogP contribution in [0.3, 0.4) is 0 Å². The number of thiazole rings is 1. The summed E-state index contributed by atoms with van der Waals surface area (Å²) in [6.45, 7) is 5.99. The smallest absolute Gasteiger partial charge is 0.146 e. The summed E-state index contributed by atoms with van der Waals surface area (Å²) in [7, 11) is 0. The van der Waals surface area contributed by atoms with Crippen molar-refractivity contribution in [3.05, 3.63) is 51.5 Å². The van der Waals surface area contributed by atoms with Crippen molar-refractivity contribution in [3.63, 3.8) is 0 Å². The molecule has 0 aliphatic heterocycles. The Morgan fingerprint density at radius 2 is 1.94 bits per heavy atom. The number of hydrogen-bond donors (Lipinski definition) is 0. The Balaban J connectivity index is 2.08. The van der Waals surface area contributed by atoms with E-state index in [2.05, 4.69) is 4.98 Å². The Kier molecular flexibility index (Phi) is 3.92. The highest BCUT2D eigenvalue weighted by molar-refractivity contribution is 7.11. The molecule has 2 rings (SSSR count). The third-order valence-electron chi connectivity index (χ3n) is 3.18. The molecule has 1 aromatic heterocycles. The standard InChI is InChI=1S/C15H17NOS/c1-10(13-7-5-4-6-8-13)14(17)9-15-16-11(2)12(3)18-15/h4-8,10H,9H2,1-3H3. The maximum absolute atomic E-state index is 12.2. The van der Waals surface area contributed by atoms with Crippen LogP contribution in [0.4, 0.5) is 0 Å². The van der Waals surface area contributed by atoms with Gasteiger partial charge in [-0.25, -0.2) is 4.98 Å². The van der Waals surface area contributed by atoms with Crippen molar-refractivity contribution in [1.29, 1.82) is 0 Å². The molecule has 0 bridgehead atoms. The SMILES string of the molecule is Cc1nc(CC(=O)C(C)c2ccccc2)sc1C. The third-order valence-corrected chi connectivity index (χ3v) is 4.25. The number of carbonyl (C=O) groups excluding carboxylic acids is 1. The second-order valence-corrected chi connectivity index (χ2v) is 5.81. The lowest BCUT2D eigenvalue weighted by atomic mass is 9.95. The average molecular weight is 259 g/mol. The number of hydrogen-bond acceptors (Lipinski definition) is 3. The quantitative estimate of drug-likeness (QED) is 0.838. The average Bonchev–Trinajstić information content (AvgIpc) is 2.68. The van der Waals surface area contributed by atoms with E-state index in [-0.39, 0.29) is 11.7 Å². The van der Waals surface area contributed by atoms with Gasteiger partial charge in [-0.15, -0.1) is 11.3 Å². The molecule has 1 heterocycles. The van der Waals surface area contributed by atoms with Gasteiger partial charge in [-0.05, 0) is 19.4 Å². The maximum Gasteiger partial charge on any atom is 0.146 e. The highest BCUT2D eigenvalue weighted by Gasteiger charge is 2.17. The van der Waals surface area contributed by atoms with Crippen molar-refractivity contribution >= 4 is 17.1 Å². The normalized spacial score (nSPS) is 12.4. The predicted octanol–water partition coefficient (Wildman–Crippen LogP) is 3.68. The zero-order valence-electron chi connectivity index (χ0n) is 10.9. The van der Waals surface area contributed by atoms with E-state index in [0.29, 0.717) is 6.42 Å². The Morgan fingerprint density at radius 1 is 1.28 bits per heavy atom. The number of aryl methyl sites for hydroxylation is 2. The van der Waals surface area contributed by atoms with Crippen LogP contribution < -0.4 is 0 Å². The van der Waals surface area contributed by atoms with Gasteiger partial charge in [-0.1, -0.05) is 37.3 Å². The molecule has 0 radical (unpaired) electrons. The lowest BCUT2D eigenvalue weighted by molar-refractivity contribution is -0.119. The van der Waals surface area contributed by atoms with Crippen LogP contribution in [0.25, 0.3) is 0 Å². The Hall–Kier alpha value is -1.48. The Labute approximate surface area is 112 Å². The monoisotopic (exact) mass is 259 g/mol. The topological polar surface area (TPSA) is 30.0 Å². The van der Waals surface area contributed by atoms with Gasteiger partial charge in [0.1, 0.15) is 10.8 Å². The van der Waals surface area contributed by atoms with E-state index in [4.69, 9.17) is 0 Å². The summed E-state index contributed by atoms with van der Waals surface area (Å²) in [5, 5.41) is 0.929. The van der Waals surface area contributed by atoms with Crippen LogP contribution in [0.2, 0.25) is 0 Å². The molecule has 0 spiro atoms. The molecule has 0 fully saturated rings. The largest absolute Gasteiger partial charge is 0.299 e. The van der Waals surface area contributed by atoms with Crippen molar-refractivity contribution in [2.75, 3.05) is 0 Å². The van der Waals surface area contributed by atoms with Crippen molar-refractivity contribution in [1.82, 2.24) is 4.98 Å². The van der Waals surface area contributed by atoms with Crippen molar-refractivity contribution in [3.8, 4) is 0 Å². The van der Waals surface area contributed by atoms with Crippen LogP contribution >= 0.6 is 11.3 Å². The van der Waals surface area contributed by atoms with Gasteiger partial charge in [0, 0.05) is 10.8 Å². The van der Waals surface area contributed by atoms with Gasteiger partial charge in [-0.3, -0.25) is 4.79 Å². The maximum atomic E-state index is 12.2. The van der Waals surface area contributed by atoms with Gasteiger partial charge in [0.15, 0.2) is 0 Å². The van der Waals surface area contributed by atoms with Crippen LogP contribution in [-0.2, 0) is 11.2 Å². The second kappa shape index (κ2) is 5.44. The lowest BCUT2D eigenvalue weighted by Crippen LogP contribution is -2.11. The van der Waals surface area contributed by atoms with E-state index in [1.54, 1.807) is 11.3 Å². The molecule has 0 N–H and O–H groups in total. The molecule has 3 heteroatoms. The van der Waals surface area contributed by atoms with E-state index in [1.165, 1.54) is 4.88 Å². The fourth-order valence-electron chi connectivity index (χ4n) is 1.84. The summed E-state index contributed by atoms with van der Waals surface area (Å²) in [5.41, 5.74) is 2.11. The van der Waals surface area contributed by atoms with Crippen molar-refractivity contribution in [2.24, 2.45) is 0 Å². The molecule has 0 saturated carbocycles. The summed E-state index contributed by atoms with van der Waals surface area (Å²) >= 11 is 1.62. The first kappa shape index (κ1) is 13.0. The molecule has 0 aliphatic rings. The third kappa shape index (κ3) is 2.85. The molecule has 2 nitrogen and oxygen atoms in total. The second-order valence-electron chi connectivity index (χ2n) is 4.52. The molecule has 1 atom stereocenters. The summed E-state index contributed by atoms with van der Waals surface area (Å²) in [6, 6.07) is 9.91. The highest BCUT2D eigenvalue weighted by Crippen LogP contribution is 2.21.